The Kier molecular flexibility index (Phi) is 10.00. The summed E-state index contributed by atoms with van der Waals surface area (Å²) in [4.78, 5) is 43.4. The summed E-state index contributed by atoms with van der Waals surface area (Å²) < 4.78 is 0. The number of unbranched alkanes of at least 4 members (excludes halogenated alkanes) is 1. The van der Waals surface area contributed by atoms with Crippen molar-refractivity contribution in [2.75, 3.05) is 4.90 Å². The lowest BCUT2D eigenvalue weighted by Gasteiger charge is -2.29. The summed E-state index contributed by atoms with van der Waals surface area (Å²) in [7, 11) is 0. The summed E-state index contributed by atoms with van der Waals surface area (Å²) in [5.74, 6) is -1.78. The highest BCUT2D eigenvalue weighted by molar-refractivity contribution is 6.36. The van der Waals surface area contributed by atoms with Crippen molar-refractivity contribution in [1.29, 1.82) is 0 Å². The van der Waals surface area contributed by atoms with Crippen molar-refractivity contribution in [3.05, 3.63) is 112 Å². The van der Waals surface area contributed by atoms with Crippen LogP contribution in [0.4, 0.5) is 5.69 Å². The van der Waals surface area contributed by atoms with E-state index in [0.29, 0.717) is 28.8 Å². The van der Waals surface area contributed by atoms with E-state index in [4.69, 9.17) is 28.9 Å². The number of carbonyl (C=O) groups excluding carboxylic acids is 3. The second-order valence-corrected chi connectivity index (χ2v) is 13.6. The molecule has 47 heavy (non-hydrogen) atoms. The van der Waals surface area contributed by atoms with Gasteiger partial charge in [0.25, 0.3) is 5.91 Å². The van der Waals surface area contributed by atoms with E-state index in [0.717, 1.165) is 64.8 Å². The summed E-state index contributed by atoms with van der Waals surface area (Å²) in [5.41, 5.74) is 11.8. The maximum atomic E-state index is 14.8. The lowest BCUT2D eigenvalue weighted by Crippen LogP contribution is -2.46. The zero-order valence-electron chi connectivity index (χ0n) is 26.4. The number of primary amides is 1. The van der Waals surface area contributed by atoms with Crippen LogP contribution in [-0.4, -0.2) is 17.7 Å². The van der Waals surface area contributed by atoms with E-state index in [9.17, 15) is 14.4 Å². The van der Waals surface area contributed by atoms with Gasteiger partial charge in [-0.2, -0.15) is 0 Å². The molecule has 1 saturated carbocycles. The summed E-state index contributed by atoms with van der Waals surface area (Å²) in [5, 5.41) is 4.24. The number of rotatable bonds is 12. The standard InChI is InChI=1S/C39H39Cl2N3O3/c1-2-3-11-32(37(42)45)33(21-24-16-17-24)38(46)43-36-31-14-5-4-12-29(31)30-13-6-7-15-35(30)44(39(36)47)23-25-9-8-10-26(20-25)28-19-18-27(40)22-34(28)41/h4-10,12-15,18-20,22,24,32-33,36H,2-3,11,16-17,21,23H2,1H3,(H2,42,45)(H,43,46). The molecule has 1 aliphatic heterocycles. The van der Waals surface area contributed by atoms with Crippen LogP contribution in [0.2, 0.25) is 10.0 Å². The summed E-state index contributed by atoms with van der Waals surface area (Å²) in [6.45, 7) is 2.32. The Morgan fingerprint density at radius 1 is 0.894 bits per heavy atom. The van der Waals surface area contributed by atoms with Crippen LogP contribution in [0.3, 0.4) is 0 Å². The topological polar surface area (TPSA) is 92.5 Å². The molecule has 8 heteroatoms. The molecule has 4 aromatic carbocycles. The molecule has 3 atom stereocenters. The third-order valence-electron chi connectivity index (χ3n) is 9.41. The predicted molar refractivity (Wildman–Crippen MR) is 189 cm³/mol. The minimum Gasteiger partial charge on any atom is -0.369 e. The smallest absolute Gasteiger partial charge is 0.254 e. The molecule has 0 aromatic heterocycles. The van der Waals surface area contributed by atoms with Gasteiger partial charge in [-0.15, -0.1) is 0 Å². The molecular formula is C39H39Cl2N3O3. The van der Waals surface area contributed by atoms with Crippen LogP contribution in [0.1, 0.15) is 62.6 Å². The molecule has 3 unspecified atom stereocenters. The number of hydrogen-bond donors (Lipinski definition) is 2. The first-order valence-electron chi connectivity index (χ1n) is 16.4. The van der Waals surface area contributed by atoms with Gasteiger partial charge in [0.2, 0.25) is 11.8 Å². The molecule has 6 rings (SSSR count). The molecule has 0 saturated heterocycles. The molecule has 242 valence electrons. The number of hydrogen-bond acceptors (Lipinski definition) is 3. The van der Waals surface area contributed by atoms with Crippen molar-refractivity contribution in [3.63, 3.8) is 0 Å². The van der Waals surface area contributed by atoms with Crippen LogP contribution >= 0.6 is 23.2 Å². The number of nitrogens with two attached hydrogens (primary N) is 1. The molecule has 6 nitrogen and oxygen atoms in total. The Hall–Kier alpha value is -4.13. The van der Waals surface area contributed by atoms with Crippen LogP contribution in [0.15, 0.2) is 91.0 Å². The summed E-state index contributed by atoms with van der Waals surface area (Å²) in [6, 6.07) is 27.9. The van der Waals surface area contributed by atoms with Crippen molar-refractivity contribution < 1.29 is 14.4 Å². The van der Waals surface area contributed by atoms with Crippen molar-refractivity contribution in [3.8, 4) is 22.3 Å². The minimum atomic E-state index is -0.957. The lowest BCUT2D eigenvalue weighted by atomic mass is 9.82. The van der Waals surface area contributed by atoms with Crippen molar-refractivity contribution in [1.82, 2.24) is 5.32 Å². The lowest BCUT2D eigenvalue weighted by molar-refractivity contribution is -0.136. The summed E-state index contributed by atoms with van der Waals surface area (Å²) >= 11 is 12.7. The van der Waals surface area contributed by atoms with Crippen LogP contribution in [0.5, 0.6) is 0 Å². The fourth-order valence-electron chi connectivity index (χ4n) is 6.77. The average Bonchev–Trinajstić information content (AvgIpc) is 3.90. The van der Waals surface area contributed by atoms with E-state index < -0.39 is 23.8 Å². The third kappa shape index (κ3) is 7.24. The van der Waals surface area contributed by atoms with E-state index >= 15 is 0 Å². The fourth-order valence-corrected chi connectivity index (χ4v) is 7.28. The Labute approximate surface area is 286 Å². The quantitative estimate of drug-likeness (QED) is 0.158. The number of nitrogens with zero attached hydrogens (tertiary/aromatic N) is 1. The number of benzene rings is 4. The van der Waals surface area contributed by atoms with Crippen molar-refractivity contribution >= 4 is 46.6 Å². The number of anilines is 1. The molecule has 3 N–H and O–H groups in total. The van der Waals surface area contributed by atoms with E-state index in [1.807, 2.05) is 78.9 Å². The molecule has 0 bridgehead atoms. The van der Waals surface area contributed by atoms with Gasteiger partial charge < -0.3 is 16.0 Å². The van der Waals surface area contributed by atoms with Crippen LogP contribution in [0, 0.1) is 17.8 Å². The molecule has 1 fully saturated rings. The number of halogens is 2. The maximum absolute atomic E-state index is 14.8. The van der Waals surface area contributed by atoms with Gasteiger partial charge >= 0.3 is 0 Å². The first-order valence-corrected chi connectivity index (χ1v) is 17.1. The number of nitrogens with one attached hydrogen (secondary N) is 1. The van der Waals surface area contributed by atoms with Crippen LogP contribution < -0.4 is 16.0 Å². The van der Waals surface area contributed by atoms with E-state index in [1.54, 1.807) is 17.0 Å². The second kappa shape index (κ2) is 14.3. The fraction of sp³-hybridized carbons (Fsp3) is 0.308. The monoisotopic (exact) mass is 667 g/mol. The first kappa shape index (κ1) is 32.8. The van der Waals surface area contributed by atoms with Gasteiger partial charge in [0.15, 0.2) is 0 Å². The Bertz CT molecular complexity index is 1800. The average molecular weight is 669 g/mol. The highest BCUT2D eigenvalue weighted by atomic mass is 35.5. The number of para-hydroxylation sites is 1. The van der Waals surface area contributed by atoms with Crippen LogP contribution in [-0.2, 0) is 20.9 Å². The molecule has 0 spiro atoms. The van der Waals surface area contributed by atoms with Gasteiger partial charge in [0.05, 0.1) is 12.2 Å². The minimum absolute atomic E-state index is 0.250. The zero-order valence-corrected chi connectivity index (χ0v) is 27.9. The van der Waals surface area contributed by atoms with Crippen LogP contribution in [0.25, 0.3) is 22.3 Å². The molecule has 3 amide bonds. The largest absolute Gasteiger partial charge is 0.369 e. The van der Waals surface area contributed by atoms with Crippen molar-refractivity contribution in [2.24, 2.45) is 23.5 Å². The van der Waals surface area contributed by atoms with E-state index in [1.165, 1.54) is 0 Å². The maximum Gasteiger partial charge on any atom is 0.254 e. The summed E-state index contributed by atoms with van der Waals surface area (Å²) in [6.07, 6.45) is 4.92. The molecule has 4 aromatic rings. The second-order valence-electron chi connectivity index (χ2n) is 12.7. The third-order valence-corrected chi connectivity index (χ3v) is 9.95. The van der Waals surface area contributed by atoms with Crippen molar-refractivity contribution in [2.45, 2.75) is 58.0 Å². The Morgan fingerprint density at radius 3 is 2.36 bits per heavy atom. The predicted octanol–water partition coefficient (Wildman–Crippen LogP) is 8.74. The molecule has 2 aliphatic rings. The highest BCUT2D eigenvalue weighted by Gasteiger charge is 2.40. The number of carbonyl (C=O) groups is 3. The van der Waals surface area contributed by atoms with Gasteiger partial charge in [-0.05, 0) is 65.3 Å². The highest BCUT2D eigenvalue weighted by Crippen LogP contribution is 2.43. The van der Waals surface area contributed by atoms with Gasteiger partial charge in [-0.25, -0.2) is 0 Å². The first-order chi connectivity index (χ1) is 22.7. The SMILES string of the molecule is CCCCC(C(N)=O)C(CC1CC1)C(=O)NC1C(=O)N(Cc2cccc(-c3ccc(Cl)cc3Cl)c2)c2ccccc2-c2ccccc21. The Balaban J connectivity index is 1.38. The zero-order chi connectivity index (χ0) is 33.1. The molecule has 1 aliphatic carbocycles. The van der Waals surface area contributed by atoms with E-state index in [-0.39, 0.29) is 18.4 Å². The van der Waals surface area contributed by atoms with Gasteiger partial charge in [0, 0.05) is 33.0 Å². The molecular weight excluding hydrogens is 629 g/mol. The Morgan fingerprint density at radius 2 is 1.64 bits per heavy atom. The van der Waals surface area contributed by atoms with Gasteiger partial charge in [-0.3, -0.25) is 14.4 Å². The van der Waals surface area contributed by atoms with Gasteiger partial charge in [0.1, 0.15) is 6.04 Å². The molecule has 1 heterocycles. The number of fused-ring (bicyclic) bond motifs is 3. The van der Waals surface area contributed by atoms with Gasteiger partial charge in [-0.1, -0.05) is 123 Å². The molecule has 0 radical (unpaired) electrons. The normalized spacial score (nSPS) is 16.9. The van der Waals surface area contributed by atoms with E-state index in [2.05, 4.69) is 12.2 Å². The number of amides is 3.